The molecule has 5 nitrogen and oxygen atoms in total. The third-order valence-electron chi connectivity index (χ3n) is 3.58. The summed E-state index contributed by atoms with van der Waals surface area (Å²) >= 11 is 0. The standard InChI is InChI=1S/C17H18N2O3/c1-3-13-4-6-14(7-5-13)12(2)18-17(20)15-8-10-16(11-9-15)19(21)22/h4-12H,3H2,1-2H3,(H,18,20)/t12-/m0/s1. The van der Waals surface area contributed by atoms with E-state index in [1.807, 2.05) is 31.2 Å². The van der Waals surface area contributed by atoms with Gasteiger partial charge in [-0.1, -0.05) is 31.2 Å². The van der Waals surface area contributed by atoms with Gasteiger partial charge < -0.3 is 5.32 Å². The smallest absolute Gasteiger partial charge is 0.269 e. The predicted octanol–water partition coefficient (Wildman–Crippen LogP) is 3.65. The average molecular weight is 298 g/mol. The Labute approximate surface area is 129 Å². The number of benzene rings is 2. The quantitative estimate of drug-likeness (QED) is 0.676. The molecule has 0 saturated heterocycles. The lowest BCUT2D eigenvalue weighted by molar-refractivity contribution is -0.384. The van der Waals surface area contributed by atoms with Gasteiger partial charge in [-0.05, 0) is 36.6 Å². The van der Waals surface area contributed by atoms with Crippen LogP contribution in [0.25, 0.3) is 0 Å². The van der Waals surface area contributed by atoms with E-state index in [1.165, 1.54) is 29.8 Å². The fourth-order valence-electron chi connectivity index (χ4n) is 2.14. The molecule has 2 aromatic carbocycles. The van der Waals surface area contributed by atoms with Gasteiger partial charge in [0.25, 0.3) is 11.6 Å². The van der Waals surface area contributed by atoms with Gasteiger partial charge in [0.15, 0.2) is 0 Å². The molecule has 1 atom stereocenters. The molecule has 22 heavy (non-hydrogen) atoms. The number of carbonyl (C=O) groups excluding carboxylic acids is 1. The minimum absolute atomic E-state index is 0.0280. The number of carbonyl (C=O) groups is 1. The number of nitro benzene ring substituents is 1. The number of nitro groups is 1. The maximum atomic E-state index is 12.2. The van der Waals surface area contributed by atoms with Gasteiger partial charge >= 0.3 is 0 Å². The molecule has 2 aromatic rings. The lowest BCUT2D eigenvalue weighted by Crippen LogP contribution is -2.26. The molecule has 0 saturated carbocycles. The second kappa shape index (κ2) is 6.85. The Balaban J connectivity index is 2.05. The van der Waals surface area contributed by atoms with Gasteiger partial charge in [-0.3, -0.25) is 14.9 Å². The summed E-state index contributed by atoms with van der Waals surface area (Å²) in [6, 6.07) is 13.5. The number of nitrogens with one attached hydrogen (secondary N) is 1. The topological polar surface area (TPSA) is 72.2 Å². The summed E-state index contributed by atoms with van der Waals surface area (Å²) in [4.78, 5) is 22.3. The van der Waals surface area contributed by atoms with Crippen molar-refractivity contribution in [1.82, 2.24) is 5.32 Å². The average Bonchev–Trinajstić information content (AvgIpc) is 2.54. The molecule has 0 fully saturated rings. The fraction of sp³-hybridized carbons (Fsp3) is 0.235. The van der Waals surface area contributed by atoms with E-state index in [9.17, 15) is 14.9 Å². The van der Waals surface area contributed by atoms with Crippen molar-refractivity contribution in [2.24, 2.45) is 0 Å². The predicted molar refractivity (Wildman–Crippen MR) is 84.8 cm³/mol. The number of non-ortho nitro benzene ring substituents is 1. The number of hydrogen-bond donors (Lipinski definition) is 1. The largest absolute Gasteiger partial charge is 0.346 e. The van der Waals surface area contributed by atoms with Gasteiger partial charge in [0, 0.05) is 17.7 Å². The minimum Gasteiger partial charge on any atom is -0.346 e. The van der Waals surface area contributed by atoms with Crippen LogP contribution >= 0.6 is 0 Å². The lowest BCUT2D eigenvalue weighted by atomic mass is 10.0. The van der Waals surface area contributed by atoms with Crippen molar-refractivity contribution in [1.29, 1.82) is 0 Å². The zero-order valence-corrected chi connectivity index (χ0v) is 12.6. The van der Waals surface area contributed by atoms with Gasteiger partial charge in [-0.15, -0.1) is 0 Å². The molecule has 0 bridgehead atoms. The van der Waals surface area contributed by atoms with E-state index in [-0.39, 0.29) is 17.6 Å². The summed E-state index contributed by atoms with van der Waals surface area (Å²) in [5, 5.41) is 13.5. The summed E-state index contributed by atoms with van der Waals surface area (Å²) in [5.74, 6) is -0.248. The first-order chi connectivity index (χ1) is 10.5. The monoisotopic (exact) mass is 298 g/mol. The van der Waals surface area contributed by atoms with Crippen LogP contribution in [0.1, 0.15) is 41.4 Å². The van der Waals surface area contributed by atoms with Gasteiger partial charge in [0.1, 0.15) is 0 Å². The summed E-state index contributed by atoms with van der Waals surface area (Å²) < 4.78 is 0. The SMILES string of the molecule is CCc1ccc([C@H](C)NC(=O)c2ccc([N+](=O)[O-])cc2)cc1. The Morgan fingerprint density at radius 1 is 1.14 bits per heavy atom. The minimum atomic E-state index is -0.487. The molecule has 0 aliphatic rings. The molecular weight excluding hydrogens is 280 g/mol. The lowest BCUT2D eigenvalue weighted by Gasteiger charge is -2.14. The molecular formula is C17H18N2O3. The van der Waals surface area contributed by atoms with E-state index in [2.05, 4.69) is 12.2 Å². The van der Waals surface area contributed by atoms with Crippen LogP contribution in [-0.4, -0.2) is 10.8 Å². The van der Waals surface area contributed by atoms with Gasteiger partial charge in [0.2, 0.25) is 0 Å². The highest BCUT2D eigenvalue weighted by Gasteiger charge is 2.13. The van der Waals surface area contributed by atoms with Crippen LogP contribution in [0.4, 0.5) is 5.69 Å². The zero-order valence-electron chi connectivity index (χ0n) is 12.6. The van der Waals surface area contributed by atoms with Crippen molar-refractivity contribution in [2.75, 3.05) is 0 Å². The van der Waals surface area contributed by atoms with Crippen LogP contribution in [0.2, 0.25) is 0 Å². The Morgan fingerprint density at radius 3 is 2.23 bits per heavy atom. The number of amides is 1. The molecule has 0 radical (unpaired) electrons. The second-order valence-corrected chi connectivity index (χ2v) is 5.09. The van der Waals surface area contributed by atoms with Crippen molar-refractivity contribution in [2.45, 2.75) is 26.3 Å². The van der Waals surface area contributed by atoms with Crippen LogP contribution in [0.5, 0.6) is 0 Å². The molecule has 0 unspecified atom stereocenters. The molecule has 0 heterocycles. The molecule has 0 spiro atoms. The Bertz CT molecular complexity index is 663. The van der Waals surface area contributed by atoms with Crippen molar-refractivity contribution in [3.05, 3.63) is 75.3 Å². The Kier molecular flexibility index (Phi) is 4.88. The van der Waals surface area contributed by atoms with E-state index in [1.54, 1.807) is 0 Å². The van der Waals surface area contributed by atoms with Crippen molar-refractivity contribution >= 4 is 11.6 Å². The van der Waals surface area contributed by atoms with E-state index in [4.69, 9.17) is 0 Å². The van der Waals surface area contributed by atoms with E-state index in [0.29, 0.717) is 5.56 Å². The van der Waals surface area contributed by atoms with Crippen LogP contribution in [0.15, 0.2) is 48.5 Å². The number of aryl methyl sites for hydroxylation is 1. The molecule has 0 aliphatic carbocycles. The molecule has 0 aliphatic heterocycles. The maximum Gasteiger partial charge on any atom is 0.269 e. The molecule has 1 N–H and O–H groups in total. The van der Waals surface area contributed by atoms with Gasteiger partial charge in [-0.25, -0.2) is 0 Å². The van der Waals surface area contributed by atoms with Crippen molar-refractivity contribution in [3.63, 3.8) is 0 Å². The first-order valence-electron chi connectivity index (χ1n) is 7.15. The van der Waals surface area contributed by atoms with E-state index in [0.717, 1.165) is 12.0 Å². The highest BCUT2D eigenvalue weighted by molar-refractivity contribution is 5.94. The maximum absolute atomic E-state index is 12.2. The summed E-state index contributed by atoms with van der Waals surface area (Å²) in [6.07, 6.45) is 0.976. The zero-order chi connectivity index (χ0) is 16.1. The number of nitrogens with zero attached hydrogens (tertiary/aromatic N) is 1. The second-order valence-electron chi connectivity index (χ2n) is 5.09. The molecule has 114 valence electrons. The normalized spacial score (nSPS) is 11.7. The Hall–Kier alpha value is -2.69. The highest BCUT2D eigenvalue weighted by atomic mass is 16.6. The highest BCUT2D eigenvalue weighted by Crippen LogP contribution is 2.16. The van der Waals surface area contributed by atoms with Crippen LogP contribution in [-0.2, 0) is 6.42 Å². The first kappa shape index (κ1) is 15.7. The van der Waals surface area contributed by atoms with Crippen LogP contribution < -0.4 is 5.32 Å². The van der Waals surface area contributed by atoms with Crippen LogP contribution in [0, 0.1) is 10.1 Å². The summed E-state index contributed by atoms with van der Waals surface area (Å²) in [7, 11) is 0. The number of rotatable bonds is 5. The van der Waals surface area contributed by atoms with Crippen LogP contribution in [0.3, 0.4) is 0 Å². The van der Waals surface area contributed by atoms with Crippen molar-refractivity contribution < 1.29 is 9.72 Å². The first-order valence-corrected chi connectivity index (χ1v) is 7.15. The summed E-state index contributed by atoms with van der Waals surface area (Å²) in [6.45, 7) is 4.00. The third-order valence-corrected chi connectivity index (χ3v) is 3.58. The van der Waals surface area contributed by atoms with Gasteiger partial charge in [0.05, 0.1) is 11.0 Å². The molecule has 5 heteroatoms. The molecule has 1 amide bonds. The number of hydrogen-bond acceptors (Lipinski definition) is 3. The molecule has 0 aromatic heterocycles. The third kappa shape index (κ3) is 3.69. The Morgan fingerprint density at radius 2 is 1.73 bits per heavy atom. The fourth-order valence-corrected chi connectivity index (χ4v) is 2.14. The van der Waals surface area contributed by atoms with E-state index >= 15 is 0 Å². The molecule has 2 rings (SSSR count). The van der Waals surface area contributed by atoms with Crippen molar-refractivity contribution in [3.8, 4) is 0 Å². The summed E-state index contributed by atoms with van der Waals surface area (Å²) in [5.41, 5.74) is 2.65. The van der Waals surface area contributed by atoms with Gasteiger partial charge in [-0.2, -0.15) is 0 Å². The van der Waals surface area contributed by atoms with E-state index < -0.39 is 4.92 Å².